The van der Waals surface area contributed by atoms with Gasteiger partial charge in [0.05, 0.1) is 28.5 Å². The average molecular weight is 648 g/mol. The van der Waals surface area contributed by atoms with Crippen LogP contribution in [0, 0.1) is 5.92 Å². The molecule has 1 aliphatic heterocycles. The Hall–Kier alpha value is -4.25. The van der Waals surface area contributed by atoms with E-state index in [1.165, 1.54) is 19.3 Å². The molecule has 45 heavy (non-hydrogen) atoms. The van der Waals surface area contributed by atoms with Gasteiger partial charge >= 0.3 is 0 Å². The molecular weight excluding hydrogens is 615 g/mol. The zero-order valence-corrected chi connectivity index (χ0v) is 26.5. The van der Waals surface area contributed by atoms with Crippen LogP contribution in [-0.2, 0) is 18.3 Å². The number of hydrogen-bond acceptors (Lipinski definition) is 7. The summed E-state index contributed by atoms with van der Waals surface area (Å²) in [5.41, 5.74) is 4.56. The first kappa shape index (κ1) is 30.8. The van der Waals surface area contributed by atoms with Crippen LogP contribution in [0.25, 0.3) is 22.4 Å². The Balaban J connectivity index is 1.30. The monoisotopic (exact) mass is 646 g/mol. The summed E-state index contributed by atoms with van der Waals surface area (Å²) in [4.78, 5) is 41.9. The first-order valence-electron chi connectivity index (χ1n) is 14.7. The normalized spacial score (nSPS) is 18.9. The van der Waals surface area contributed by atoms with Crippen LogP contribution in [0.5, 0.6) is 5.88 Å². The van der Waals surface area contributed by atoms with Crippen LogP contribution in [0.4, 0.5) is 5.69 Å². The van der Waals surface area contributed by atoms with Crippen molar-refractivity contribution in [2.75, 3.05) is 19.0 Å². The van der Waals surface area contributed by atoms with Gasteiger partial charge in [-0.3, -0.25) is 14.4 Å². The lowest BCUT2D eigenvalue weighted by Gasteiger charge is -2.22. The largest absolute Gasteiger partial charge is 0.481 e. The minimum atomic E-state index is -0.596. The number of aromatic nitrogens is 3. The number of ether oxygens (including phenoxy) is 1. The third-order valence-electron chi connectivity index (χ3n) is 8.46. The minimum Gasteiger partial charge on any atom is -0.481 e. The summed E-state index contributed by atoms with van der Waals surface area (Å²) in [5, 5.41) is 14.0. The second kappa shape index (κ2) is 12.6. The van der Waals surface area contributed by atoms with E-state index in [0.717, 1.165) is 28.7 Å². The Morgan fingerprint density at radius 1 is 1.09 bits per heavy atom. The summed E-state index contributed by atoms with van der Waals surface area (Å²) in [7, 11) is 3.09. The predicted molar refractivity (Wildman–Crippen MR) is 174 cm³/mol. The van der Waals surface area contributed by atoms with Gasteiger partial charge in [0.15, 0.2) is 0 Å². The molecule has 0 radical (unpaired) electrons. The number of nitrogens with one attached hydrogen (secondary N) is 3. The third-order valence-corrected chi connectivity index (χ3v) is 9.27. The van der Waals surface area contributed by atoms with Gasteiger partial charge in [0.25, 0.3) is 11.5 Å². The summed E-state index contributed by atoms with van der Waals surface area (Å²) in [5.74, 6) is 0.334. The molecule has 6 rings (SSSR count). The number of nitrogens with zero attached hydrogens (tertiary/aromatic N) is 3. The SMILES string of the molecule is COc1nc(-c2cccc(-c3cccc(NC(=O)c4ccnn(C)c4=O)c3Cl)c2Cl)cc2c1[C@@H](NC[C@@H]1CCC(=O)N1)[C@H](C)C2. The fraction of sp³-hybridized carbons (Fsp3) is 0.303. The number of aryl methyl sites for hydroxylation is 1. The number of benzene rings is 2. The molecule has 10 nitrogen and oxygen atoms in total. The second-order valence-electron chi connectivity index (χ2n) is 11.4. The Morgan fingerprint density at radius 2 is 1.82 bits per heavy atom. The molecule has 1 aliphatic carbocycles. The van der Waals surface area contributed by atoms with E-state index < -0.39 is 11.5 Å². The quantitative estimate of drug-likeness (QED) is 0.241. The number of halogens is 2. The number of carbonyl (C=O) groups is 2. The molecule has 2 aromatic carbocycles. The molecule has 232 valence electrons. The zero-order valence-electron chi connectivity index (χ0n) is 25.0. The molecule has 1 saturated heterocycles. The third kappa shape index (κ3) is 5.93. The molecule has 0 unspecified atom stereocenters. The highest BCUT2D eigenvalue weighted by molar-refractivity contribution is 6.39. The summed E-state index contributed by atoms with van der Waals surface area (Å²) >= 11 is 13.9. The molecule has 3 atom stereocenters. The van der Waals surface area contributed by atoms with Gasteiger partial charge in [0.1, 0.15) is 5.56 Å². The van der Waals surface area contributed by atoms with Gasteiger partial charge in [-0.15, -0.1) is 0 Å². The maximum absolute atomic E-state index is 12.9. The fourth-order valence-corrected chi connectivity index (χ4v) is 6.77. The molecular formula is C33H32Cl2N6O4. The average Bonchev–Trinajstić information content (AvgIpc) is 3.59. The lowest BCUT2D eigenvalue weighted by atomic mass is 9.99. The standard InChI is InChI=1S/C33H32Cl2N6O4/c1-17-14-18-15-25(40-32(45-3)27(18)30(17)36-16-19-10-11-26(42)38-19)22-8-4-6-20(28(22)34)21-7-5-9-24(29(21)35)39-31(43)23-12-13-37-41(2)33(23)44/h4-9,12-13,15,17,19,30,36H,10-11,14,16H2,1-3H3,(H,38,42)(H,39,43)/t17-,19+,30+/m1/s1. The maximum Gasteiger partial charge on any atom is 0.279 e. The Morgan fingerprint density at radius 3 is 2.56 bits per heavy atom. The molecule has 2 amide bonds. The number of amides is 2. The van der Waals surface area contributed by atoms with Crippen molar-refractivity contribution in [3.63, 3.8) is 0 Å². The Bertz CT molecular complexity index is 1880. The second-order valence-corrected chi connectivity index (χ2v) is 12.2. The highest BCUT2D eigenvalue weighted by Crippen LogP contribution is 2.45. The molecule has 2 aromatic heterocycles. The van der Waals surface area contributed by atoms with Crippen LogP contribution < -0.4 is 26.2 Å². The van der Waals surface area contributed by atoms with Gasteiger partial charge in [-0.25, -0.2) is 9.67 Å². The van der Waals surface area contributed by atoms with Crippen LogP contribution in [0.15, 0.2) is 59.5 Å². The Kier molecular flexibility index (Phi) is 8.63. The number of fused-ring (bicyclic) bond motifs is 1. The van der Waals surface area contributed by atoms with Crippen molar-refractivity contribution in [1.29, 1.82) is 0 Å². The van der Waals surface area contributed by atoms with Crippen molar-refractivity contribution in [2.45, 2.75) is 38.3 Å². The number of carbonyl (C=O) groups excluding carboxylic acids is 2. The van der Waals surface area contributed by atoms with Crippen LogP contribution in [0.3, 0.4) is 0 Å². The topological polar surface area (TPSA) is 127 Å². The highest BCUT2D eigenvalue weighted by Gasteiger charge is 2.35. The first-order valence-corrected chi connectivity index (χ1v) is 15.4. The highest BCUT2D eigenvalue weighted by atomic mass is 35.5. The molecule has 3 heterocycles. The minimum absolute atomic E-state index is 0.0416. The van der Waals surface area contributed by atoms with Crippen molar-refractivity contribution in [3.05, 3.63) is 91.8 Å². The zero-order chi connectivity index (χ0) is 31.8. The molecule has 0 spiro atoms. The van der Waals surface area contributed by atoms with E-state index in [2.05, 4.69) is 34.0 Å². The van der Waals surface area contributed by atoms with Crippen LogP contribution >= 0.6 is 23.2 Å². The Labute approximate surface area is 270 Å². The summed E-state index contributed by atoms with van der Waals surface area (Å²) in [6.45, 7) is 2.87. The van der Waals surface area contributed by atoms with Crippen molar-refractivity contribution in [2.24, 2.45) is 13.0 Å². The molecule has 2 aliphatic rings. The number of methoxy groups -OCH3 is 1. The summed E-state index contributed by atoms with van der Waals surface area (Å²) in [6, 6.07) is 14.4. The van der Waals surface area contributed by atoms with E-state index in [9.17, 15) is 14.4 Å². The van der Waals surface area contributed by atoms with E-state index in [1.807, 2.05) is 24.3 Å². The van der Waals surface area contributed by atoms with Gasteiger partial charge in [0, 0.05) is 60.5 Å². The van der Waals surface area contributed by atoms with Crippen LogP contribution in [0.1, 0.15) is 47.3 Å². The lowest BCUT2D eigenvalue weighted by molar-refractivity contribution is -0.119. The molecule has 1 fully saturated rings. The van der Waals surface area contributed by atoms with Gasteiger partial charge in [-0.1, -0.05) is 60.5 Å². The summed E-state index contributed by atoms with van der Waals surface area (Å²) < 4.78 is 6.90. The van der Waals surface area contributed by atoms with E-state index in [-0.39, 0.29) is 28.6 Å². The van der Waals surface area contributed by atoms with Crippen molar-refractivity contribution >= 4 is 40.7 Å². The number of anilines is 1. The summed E-state index contributed by atoms with van der Waals surface area (Å²) in [6.07, 6.45) is 3.61. The molecule has 0 saturated carbocycles. The van der Waals surface area contributed by atoms with Crippen LogP contribution in [-0.4, -0.2) is 46.3 Å². The first-order chi connectivity index (χ1) is 21.7. The van der Waals surface area contributed by atoms with E-state index >= 15 is 0 Å². The van der Waals surface area contributed by atoms with Crippen molar-refractivity contribution in [1.82, 2.24) is 25.4 Å². The van der Waals surface area contributed by atoms with E-state index in [1.54, 1.807) is 19.2 Å². The molecule has 4 aromatic rings. The van der Waals surface area contributed by atoms with Crippen molar-refractivity contribution < 1.29 is 14.3 Å². The van der Waals surface area contributed by atoms with Gasteiger partial charge in [-0.2, -0.15) is 5.10 Å². The number of rotatable bonds is 8. The predicted octanol–water partition coefficient (Wildman–Crippen LogP) is 5.18. The molecule has 12 heteroatoms. The van der Waals surface area contributed by atoms with E-state index in [4.69, 9.17) is 32.9 Å². The van der Waals surface area contributed by atoms with Gasteiger partial charge in [-0.05, 0) is 42.5 Å². The fourth-order valence-electron chi connectivity index (χ4n) is 6.17. The number of hydrogen-bond donors (Lipinski definition) is 3. The van der Waals surface area contributed by atoms with Crippen molar-refractivity contribution in [3.8, 4) is 28.3 Å². The van der Waals surface area contributed by atoms with Crippen LogP contribution in [0.2, 0.25) is 10.0 Å². The maximum atomic E-state index is 12.9. The number of pyridine rings is 1. The van der Waals surface area contributed by atoms with Gasteiger partial charge in [0.2, 0.25) is 11.8 Å². The van der Waals surface area contributed by atoms with Gasteiger partial charge < -0.3 is 20.7 Å². The smallest absolute Gasteiger partial charge is 0.279 e. The lowest BCUT2D eigenvalue weighted by Crippen LogP contribution is -2.38. The van der Waals surface area contributed by atoms with E-state index in [0.29, 0.717) is 57.9 Å². The molecule has 0 bridgehead atoms. The molecule has 3 N–H and O–H groups in total.